The molecule has 2 atom stereocenters. The summed E-state index contributed by atoms with van der Waals surface area (Å²) in [6.07, 6.45) is 0.796. The van der Waals surface area contributed by atoms with Gasteiger partial charge in [0, 0.05) is 24.6 Å². The van der Waals surface area contributed by atoms with Gasteiger partial charge in [-0.05, 0) is 19.9 Å². The number of rotatable bonds is 3. The van der Waals surface area contributed by atoms with Crippen molar-refractivity contribution in [1.82, 2.24) is 0 Å². The molecule has 0 bridgehead atoms. The van der Waals surface area contributed by atoms with Crippen LogP contribution >= 0.6 is 0 Å². The van der Waals surface area contributed by atoms with Gasteiger partial charge in [-0.1, -0.05) is 18.2 Å². The molecule has 1 aromatic carbocycles. The van der Waals surface area contributed by atoms with Gasteiger partial charge in [-0.25, -0.2) is 0 Å². The van der Waals surface area contributed by atoms with Gasteiger partial charge in [-0.15, -0.1) is 0 Å². The van der Waals surface area contributed by atoms with E-state index in [-0.39, 0.29) is 11.6 Å². The van der Waals surface area contributed by atoms with Gasteiger partial charge in [0.1, 0.15) is 11.4 Å². The second-order valence-corrected chi connectivity index (χ2v) is 4.54. The van der Waals surface area contributed by atoms with Crippen LogP contribution in [0.4, 0.5) is 0 Å². The Morgan fingerprint density at radius 1 is 1.50 bits per heavy atom. The maximum Gasteiger partial charge on any atom is 0.131 e. The minimum Gasteiger partial charge on any atom is -0.485 e. The Hall–Kier alpha value is -1.06. The zero-order chi connectivity index (χ0) is 11.6. The number of fused-ring (bicyclic) bond motifs is 1. The van der Waals surface area contributed by atoms with Crippen molar-refractivity contribution in [3.8, 4) is 5.75 Å². The quantitative estimate of drug-likeness (QED) is 0.851. The minimum absolute atomic E-state index is 0.0374. The molecule has 3 nitrogen and oxygen atoms in total. The first-order chi connectivity index (χ1) is 7.64. The van der Waals surface area contributed by atoms with Gasteiger partial charge in [0.15, 0.2) is 0 Å². The van der Waals surface area contributed by atoms with Gasteiger partial charge in [0.05, 0.1) is 6.61 Å². The van der Waals surface area contributed by atoms with Crippen LogP contribution in [0.1, 0.15) is 31.9 Å². The molecule has 0 spiro atoms. The molecule has 1 aliphatic rings. The molecule has 0 saturated carbocycles. The highest BCUT2D eigenvalue weighted by molar-refractivity contribution is 5.38. The SMILES string of the molecule is CCOCC1(C)C[C@@H](N)c2ccccc2O1. The third kappa shape index (κ3) is 2.20. The van der Waals surface area contributed by atoms with Crippen LogP contribution < -0.4 is 10.5 Å². The Morgan fingerprint density at radius 3 is 3.00 bits per heavy atom. The molecule has 0 aliphatic carbocycles. The molecule has 2 N–H and O–H groups in total. The second-order valence-electron chi connectivity index (χ2n) is 4.54. The van der Waals surface area contributed by atoms with Crippen molar-refractivity contribution in [3.63, 3.8) is 0 Å². The number of ether oxygens (including phenoxy) is 2. The average molecular weight is 221 g/mol. The first kappa shape index (κ1) is 11.4. The number of para-hydroxylation sites is 1. The normalized spacial score (nSPS) is 28.3. The molecular weight excluding hydrogens is 202 g/mol. The summed E-state index contributed by atoms with van der Waals surface area (Å²) in [7, 11) is 0. The monoisotopic (exact) mass is 221 g/mol. The Morgan fingerprint density at radius 2 is 2.25 bits per heavy atom. The lowest BCUT2D eigenvalue weighted by Crippen LogP contribution is -2.44. The summed E-state index contributed by atoms with van der Waals surface area (Å²) >= 11 is 0. The molecule has 0 radical (unpaired) electrons. The lowest BCUT2D eigenvalue weighted by Gasteiger charge is -2.38. The lowest BCUT2D eigenvalue weighted by molar-refractivity contribution is -0.0302. The highest BCUT2D eigenvalue weighted by atomic mass is 16.5. The average Bonchev–Trinajstić information content (AvgIpc) is 2.26. The summed E-state index contributed by atoms with van der Waals surface area (Å²) in [5.41, 5.74) is 6.95. The van der Waals surface area contributed by atoms with E-state index < -0.39 is 0 Å². The van der Waals surface area contributed by atoms with Crippen LogP contribution in [0.5, 0.6) is 5.75 Å². The van der Waals surface area contributed by atoms with E-state index in [0.717, 1.165) is 17.7 Å². The van der Waals surface area contributed by atoms with E-state index in [4.69, 9.17) is 15.2 Å². The van der Waals surface area contributed by atoms with Gasteiger partial charge in [0.25, 0.3) is 0 Å². The number of hydrogen-bond acceptors (Lipinski definition) is 3. The van der Waals surface area contributed by atoms with E-state index in [9.17, 15) is 0 Å². The van der Waals surface area contributed by atoms with Crippen molar-refractivity contribution in [2.24, 2.45) is 5.73 Å². The maximum atomic E-state index is 6.16. The van der Waals surface area contributed by atoms with E-state index in [1.165, 1.54) is 0 Å². The number of hydrogen-bond donors (Lipinski definition) is 1. The molecule has 1 unspecified atom stereocenters. The molecule has 88 valence electrons. The van der Waals surface area contributed by atoms with Crippen LogP contribution in [0.3, 0.4) is 0 Å². The molecule has 1 aliphatic heterocycles. The first-order valence-electron chi connectivity index (χ1n) is 5.76. The molecular formula is C13H19NO2. The number of nitrogens with two attached hydrogens (primary N) is 1. The van der Waals surface area contributed by atoms with E-state index in [2.05, 4.69) is 6.92 Å². The van der Waals surface area contributed by atoms with Gasteiger partial charge < -0.3 is 15.2 Å². The van der Waals surface area contributed by atoms with E-state index in [1.54, 1.807) is 0 Å². The molecule has 0 fully saturated rings. The summed E-state index contributed by atoms with van der Waals surface area (Å²) in [6.45, 7) is 5.33. The molecule has 1 heterocycles. The Labute approximate surface area is 96.5 Å². The number of benzene rings is 1. The Kier molecular flexibility index (Phi) is 3.17. The molecule has 1 aromatic rings. The molecule has 3 heteroatoms. The first-order valence-corrected chi connectivity index (χ1v) is 5.76. The molecule has 0 amide bonds. The molecule has 16 heavy (non-hydrogen) atoms. The lowest BCUT2D eigenvalue weighted by atomic mass is 9.89. The molecule has 0 aromatic heterocycles. The van der Waals surface area contributed by atoms with Gasteiger partial charge in [-0.2, -0.15) is 0 Å². The van der Waals surface area contributed by atoms with Gasteiger partial charge in [-0.3, -0.25) is 0 Å². The van der Waals surface area contributed by atoms with Gasteiger partial charge >= 0.3 is 0 Å². The summed E-state index contributed by atoms with van der Waals surface area (Å²) < 4.78 is 11.4. The van der Waals surface area contributed by atoms with Crippen molar-refractivity contribution in [2.75, 3.05) is 13.2 Å². The van der Waals surface area contributed by atoms with Crippen LogP contribution in [0.15, 0.2) is 24.3 Å². The van der Waals surface area contributed by atoms with Crippen LogP contribution in [-0.2, 0) is 4.74 Å². The third-order valence-corrected chi connectivity index (χ3v) is 2.94. The van der Waals surface area contributed by atoms with Crippen molar-refractivity contribution in [3.05, 3.63) is 29.8 Å². The van der Waals surface area contributed by atoms with Crippen molar-refractivity contribution in [1.29, 1.82) is 0 Å². The standard InChI is InChI=1S/C13H19NO2/c1-3-15-9-13(2)8-11(14)10-6-4-5-7-12(10)16-13/h4-7,11H,3,8-9,14H2,1-2H3/t11-,13?/m1/s1. The largest absolute Gasteiger partial charge is 0.485 e. The summed E-state index contributed by atoms with van der Waals surface area (Å²) in [4.78, 5) is 0. The van der Waals surface area contributed by atoms with E-state index >= 15 is 0 Å². The zero-order valence-corrected chi connectivity index (χ0v) is 9.90. The second kappa shape index (κ2) is 4.44. The fourth-order valence-corrected chi connectivity index (χ4v) is 2.17. The highest BCUT2D eigenvalue weighted by Gasteiger charge is 2.35. The predicted octanol–water partition coefficient (Wildman–Crippen LogP) is 2.26. The smallest absolute Gasteiger partial charge is 0.131 e. The maximum absolute atomic E-state index is 6.16. The van der Waals surface area contributed by atoms with Crippen LogP contribution in [0.2, 0.25) is 0 Å². The molecule has 0 saturated heterocycles. The highest BCUT2D eigenvalue weighted by Crippen LogP contribution is 2.38. The minimum atomic E-state index is -0.302. The predicted molar refractivity (Wildman–Crippen MR) is 63.5 cm³/mol. The summed E-state index contributed by atoms with van der Waals surface area (Å²) in [6, 6.07) is 8.00. The fraction of sp³-hybridized carbons (Fsp3) is 0.538. The third-order valence-electron chi connectivity index (χ3n) is 2.94. The van der Waals surface area contributed by atoms with E-state index in [0.29, 0.717) is 13.2 Å². The van der Waals surface area contributed by atoms with Crippen LogP contribution in [-0.4, -0.2) is 18.8 Å². The van der Waals surface area contributed by atoms with Crippen LogP contribution in [0, 0.1) is 0 Å². The van der Waals surface area contributed by atoms with Crippen molar-refractivity contribution >= 4 is 0 Å². The summed E-state index contributed by atoms with van der Waals surface area (Å²) in [5.74, 6) is 0.892. The molecule has 2 rings (SSSR count). The fourth-order valence-electron chi connectivity index (χ4n) is 2.17. The zero-order valence-electron chi connectivity index (χ0n) is 9.90. The van der Waals surface area contributed by atoms with Crippen molar-refractivity contribution in [2.45, 2.75) is 31.9 Å². The van der Waals surface area contributed by atoms with E-state index in [1.807, 2.05) is 31.2 Å². The summed E-state index contributed by atoms with van der Waals surface area (Å²) in [5, 5.41) is 0. The van der Waals surface area contributed by atoms with Gasteiger partial charge in [0.2, 0.25) is 0 Å². The van der Waals surface area contributed by atoms with Crippen molar-refractivity contribution < 1.29 is 9.47 Å². The van der Waals surface area contributed by atoms with Crippen LogP contribution in [0.25, 0.3) is 0 Å². The Bertz CT molecular complexity index is 367. The Balaban J connectivity index is 2.20. The topological polar surface area (TPSA) is 44.5 Å².